The first-order chi connectivity index (χ1) is 12.7. The summed E-state index contributed by atoms with van der Waals surface area (Å²) in [6.45, 7) is 1.06. The van der Waals surface area contributed by atoms with Gasteiger partial charge in [-0.25, -0.2) is 0 Å². The maximum absolute atomic E-state index is 12.3. The van der Waals surface area contributed by atoms with E-state index in [-0.39, 0.29) is 17.9 Å². The zero-order chi connectivity index (χ0) is 17.9. The molecule has 26 heavy (non-hydrogen) atoms. The number of nitrogens with zero attached hydrogens (tertiary/aromatic N) is 2. The summed E-state index contributed by atoms with van der Waals surface area (Å²) >= 11 is 1.42. The molecular weight excluding hydrogens is 348 g/mol. The van der Waals surface area contributed by atoms with Crippen LogP contribution in [0.1, 0.15) is 31.4 Å². The van der Waals surface area contributed by atoms with Crippen molar-refractivity contribution in [2.24, 2.45) is 0 Å². The molecule has 0 saturated heterocycles. The van der Waals surface area contributed by atoms with Gasteiger partial charge in [0.25, 0.3) is 11.8 Å². The Labute approximate surface area is 154 Å². The molecule has 3 aromatic rings. The van der Waals surface area contributed by atoms with Crippen molar-refractivity contribution >= 4 is 23.2 Å². The van der Waals surface area contributed by atoms with E-state index in [4.69, 9.17) is 0 Å². The van der Waals surface area contributed by atoms with E-state index in [9.17, 15) is 9.59 Å². The molecule has 1 atom stereocenters. The van der Waals surface area contributed by atoms with Crippen molar-refractivity contribution in [3.05, 3.63) is 75.7 Å². The highest BCUT2D eigenvalue weighted by Crippen LogP contribution is 2.17. The molecule has 0 spiro atoms. The third kappa shape index (κ3) is 3.52. The van der Waals surface area contributed by atoms with Crippen LogP contribution in [0.5, 0.6) is 0 Å². The summed E-state index contributed by atoms with van der Waals surface area (Å²) in [5, 5.41) is 12.2. The predicted octanol–water partition coefficient (Wildman–Crippen LogP) is 2.23. The smallest absolute Gasteiger partial charge is 0.272 e. The summed E-state index contributed by atoms with van der Waals surface area (Å²) in [7, 11) is 0. The molecule has 0 aliphatic carbocycles. The second-order valence-electron chi connectivity index (χ2n) is 6.22. The van der Waals surface area contributed by atoms with Gasteiger partial charge in [0, 0.05) is 18.7 Å². The fraction of sp³-hybridized carbons (Fsp3) is 0.211. The van der Waals surface area contributed by atoms with E-state index in [0.717, 1.165) is 11.3 Å². The zero-order valence-electron chi connectivity index (χ0n) is 14.0. The second kappa shape index (κ2) is 7.13. The quantitative estimate of drug-likeness (QED) is 0.727. The minimum Gasteiger partial charge on any atom is -0.347 e. The first-order valence-corrected chi connectivity index (χ1v) is 9.30. The summed E-state index contributed by atoms with van der Waals surface area (Å²) in [5.74, 6) is -0.244. The molecular formula is C19H18N4O2S. The summed E-state index contributed by atoms with van der Waals surface area (Å²) in [6, 6.07) is 15.2. The number of carbonyl (C=O) groups is 2. The van der Waals surface area contributed by atoms with Crippen LogP contribution in [0.25, 0.3) is 0 Å². The van der Waals surface area contributed by atoms with Crippen LogP contribution in [0.3, 0.4) is 0 Å². The van der Waals surface area contributed by atoms with E-state index in [2.05, 4.69) is 15.7 Å². The molecule has 2 aromatic heterocycles. The van der Waals surface area contributed by atoms with Crippen molar-refractivity contribution in [1.29, 1.82) is 0 Å². The summed E-state index contributed by atoms with van der Waals surface area (Å²) in [4.78, 5) is 25.1. The number of benzene rings is 1. The molecule has 7 heteroatoms. The lowest BCUT2D eigenvalue weighted by Gasteiger charge is -2.10. The Morgan fingerprint density at radius 2 is 2.00 bits per heavy atom. The van der Waals surface area contributed by atoms with Crippen molar-refractivity contribution in [1.82, 2.24) is 20.4 Å². The summed E-state index contributed by atoms with van der Waals surface area (Å²) < 4.78 is 1.80. The Morgan fingerprint density at radius 1 is 1.15 bits per heavy atom. The van der Waals surface area contributed by atoms with E-state index in [0.29, 0.717) is 30.1 Å². The van der Waals surface area contributed by atoms with Crippen LogP contribution in [0.4, 0.5) is 0 Å². The monoisotopic (exact) mass is 366 g/mol. The topological polar surface area (TPSA) is 76.0 Å². The van der Waals surface area contributed by atoms with Gasteiger partial charge in [-0.05, 0) is 23.1 Å². The van der Waals surface area contributed by atoms with E-state index >= 15 is 0 Å². The minimum absolute atomic E-state index is 0.00790. The number of hydrogen-bond acceptors (Lipinski definition) is 4. The second-order valence-corrected chi connectivity index (χ2v) is 7.17. The van der Waals surface area contributed by atoms with Crippen molar-refractivity contribution < 1.29 is 9.59 Å². The zero-order valence-corrected chi connectivity index (χ0v) is 14.8. The fourth-order valence-corrected chi connectivity index (χ4v) is 3.67. The highest BCUT2D eigenvalue weighted by molar-refractivity contribution is 7.12. The van der Waals surface area contributed by atoms with Gasteiger partial charge in [-0.15, -0.1) is 11.3 Å². The molecule has 1 aromatic carbocycles. The molecule has 6 nitrogen and oxygen atoms in total. The van der Waals surface area contributed by atoms with Gasteiger partial charge >= 0.3 is 0 Å². The number of carbonyl (C=O) groups excluding carboxylic acids is 2. The van der Waals surface area contributed by atoms with Crippen LogP contribution in [-0.4, -0.2) is 27.6 Å². The normalized spacial score (nSPS) is 15.5. The predicted molar refractivity (Wildman–Crippen MR) is 99.1 cm³/mol. The fourth-order valence-electron chi connectivity index (χ4n) is 3.04. The van der Waals surface area contributed by atoms with Crippen LogP contribution in [0.15, 0.2) is 53.9 Å². The highest BCUT2D eigenvalue weighted by Gasteiger charge is 2.26. The van der Waals surface area contributed by atoms with Gasteiger partial charge in [-0.1, -0.05) is 36.4 Å². The third-order valence-electron chi connectivity index (χ3n) is 4.32. The molecule has 2 N–H and O–H groups in total. The van der Waals surface area contributed by atoms with Gasteiger partial charge in [0.05, 0.1) is 17.5 Å². The molecule has 1 aliphatic rings. The number of rotatable bonds is 5. The first kappa shape index (κ1) is 16.5. The Morgan fingerprint density at radius 3 is 2.73 bits per heavy atom. The van der Waals surface area contributed by atoms with Crippen LogP contribution in [-0.2, 0) is 19.5 Å². The first-order valence-electron chi connectivity index (χ1n) is 8.42. The molecule has 132 valence electrons. The molecule has 0 bridgehead atoms. The maximum atomic E-state index is 12.3. The SMILES string of the molecule is O=C(NCc1ccccc1)c1cc2n(n1)CC(NC(=O)c1cccs1)C2. The largest absolute Gasteiger partial charge is 0.347 e. The lowest BCUT2D eigenvalue weighted by molar-refractivity contribution is 0.0930. The van der Waals surface area contributed by atoms with Crippen molar-refractivity contribution in [2.75, 3.05) is 0 Å². The highest BCUT2D eigenvalue weighted by atomic mass is 32.1. The van der Waals surface area contributed by atoms with Crippen LogP contribution < -0.4 is 10.6 Å². The summed E-state index contributed by atoms with van der Waals surface area (Å²) in [5.41, 5.74) is 2.43. The third-order valence-corrected chi connectivity index (χ3v) is 5.19. The number of fused-ring (bicyclic) bond motifs is 1. The average molecular weight is 366 g/mol. The number of nitrogens with one attached hydrogen (secondary N) is 2. The molecule has 3 heterocycles. The molecule has 0 radical (unpaired) electrons. The number of thiophene rings is 1. The average Bonchev–Trinajstić information content (AvgIpc) is 3.36. The van der Waals surface area contributed by atoms with Crippen molar-refractivity contribution in [3.8, 4) is 0 Å². The van der Waals surface area contributed by atoms with Crippen LogP contribution in [0, 0.1) is 0 Å². The lowest BCUT2D eigenvalue weighted by atomic mass is 10.2. The standard InChI is InChI=1S/C19H18N4O2S/c24-18(20-11-13-5-2-1-3-6-13)16-10-15-9-14(12-23(15)22-16)21-19(25)17-7-4-8-26-17/h1-8,10,14H,9,11-12H2,(H,20,24)(H,21,25). The van der Waals surface area contributed by atoms with Crippen LogP contribution in [0.2, 0.25) is 0 Å². The summed E-state index contributed by atoms with van der Waals surface area (Å²) in [6.07, 6.45) is 0.677. The van der Waals surface area contributed by atoms with E-state index < -0.39 is 0 Å². The van der Waals surface area contributed by atoms with E-state index in [1.54, 1.807) is 10.7 Å². The number of aromatic nitrogens is 2. The van der Waals surface area contributed by atoms with E-state index in [1.807, 2.05) is 47.8 Å². The van der Waals surface area contributed by atoms with Crippen molar-refractivity contribution in [3.63, 3.8) is 0 Å². The van der Waals surface area contributed by atoms with Gasteiger partial charge in [0.1, 0.15) is 5.69 Å². The molecule has 1 aliphatic heterocycles. The van der Waals surface area contributed by atoms with Gasteiger partial charge in [0.15, 0.2) is 0 Å². The number of hydrogen-bond donors (Lipinski definition) is 2. The van der Waals surface area contributed by atoms with Gasteiger partial charge in [0.2, 0.25) is 0 Å². The van der Waals surface area contributed by atoms with Gasteiger partial charge in [-0.2, -0.15) is 5.10 Å². The molecule has 0 fully saturated rings. The Hall–Kier alpha value is -2.93. The van der Waals surface area contributed by atoms with Crippen molar-refractivity contribution in [2.45, 2.75) is 25.6 Å². The van der Waals surface area contributed by atoms with Gasteiger partial charge < -0.3 is 10.6 Å². The van der Waals surface area contributed by atoms with Crippen LogP contribution >= 0.6 is 11.3 Å². The molecule has 2 amide bonds. The number of amides is 2. The Bertz CT molecular complexity index is 895. The Balaban J connectivity index is 1.33. The molecule has 1 unspecified atom stereocenters. The van der Waals surface area contributed by atoms with Gasteiger partial charge in [-0.3, -0.25) is 14.3 Å². The minimum atomic E-state index is -0.185. The molecule has 0 saturated carbocycles. The maximum Gasteiger partial charge on any atom is 0.272 e. The Kier molecular flexibility index (Phi) is 4.53. The van der Waals surface area contributed by atoms with E-state index in [1.165, 1.54) is 11.3 Å². The molecule has 4 rings (SSSR count). The lowest BCUT2D eigenvalue weighted by Crippen LogP contribution is -2.35.